The minimum absolute atomic E-state index is 0.260. The van der Waals surface area contributed by atoms with Gasteiger partial charge in [0.25, 0.3) is 0 Å². The molecule has 0 aliphatic carbocycles. The molecule has 0 aliphatic rings. The number of aliphatic hydroxyl groups is 2. The summed E-state index contributed by atoms with van der Waals surface area (Å²) >= 11 is 0. The Morgan fingerprint density at radius 1 is 0.938 bits per heavy atom. The monoisotopic (exact) mass is 234 g/mol. The minimum atomic E-state index is 0.260. The molecule has 4 nitrogen and oxygen atoms in total. The predicted octanol–water partition coefficient (Wildman–Crippen LogP) is 0.994. The van der Waals surface area contributed by atoms with E-state index in [1.807, 2.05) is 6.92 Å². The van der Waals surface area contributed by atoms with E-state index in [4.69, 9.17) is 21.7 Å². The van der Waals surface area contributed by atoms with E-state index < -0.39 is 0 Å². The van der Waals surface area contributed by atoms with Crippen LogP contribution in [0.3, 0.4) is 0 Å². The fourth-order valence-electron chi connectivity index (χ4n) is 1.23. The maximum Gasteiger partial charge on any atom is 0.0431 e. The van der Waals surface area contributed by atoms with E-state index in [-0.39, 0.29) is 12.6 Å². The molecule has 0 saturated heterocycles. The quantitative estimate of drug-likeness (QED) is 0.448. The first-order valence-electron chi connectivity index (χ1n) is 6.40. The molecule has 0 amide bonds. The summed E-state index contributed by atoms with van der Waals surface area (Å²) in [5.41, 5.74) is 11.2. The van der Waals surface area contributed by atoms with Crippen LogP contribution in [0, 0.1) is 0 Å². The van der Waals surface area contributed by atoms with Gasteiger partial charge in [-0.1, -0.05) is 19.8 Å². The molecule has 0 heterocycles. The number of hydrogen-bond donors (Lipinski definition) is 4. The molecule has 1 unspecified atom stereocenters. The molecular formula is C12H30N2O2. The summed E-state index contributed by atoms with van der Waals surface area (Å²) in [6.07, 6.45) is 7.18. The van der Waals surface area contributed by atoms with Gasteiger partial charge in [0.15, 0.2) is 0 Å². The lowest BCUT2D eigenvalue weighted by atomic mass is 10.0. The lowest BCUT2D eigenvalue weighted by molar-refractivity contribution is 0.278. The number of nitrogens with two attached hydrogens (primary N) is 2. The Hall–Kier alpha value is -0.160. The second-order valence-electron chi connectivity index (χ2n) is 3.99. The average molecular weight is 234 g/mol. The van der Waals surface area contributed by atoms with Crippen molar-refractivity contribution in [1.29, 1.82) is 0 Å². The molecule has 100 valence electrons. The summed E-state index contributed by atoms with van der Waals surface area (Å²) in [7, 11) is 0. The highest BCUT2D eigenvalue weighted by atomic mass is 16.3. The lowest BCUT2D eigenvalue weighted by Gasteiger charge is -2.09. The molecule has 1 atom stereocenters. The zero-order valence-electron chi connectivity index (χ0n) is 10.7. The summed E-state index contributed by atoms with van der Waals surface area (Å²) in [4.78, 5) is 0. The van der Waals surface area contributed by atoms with Crippen molar-refractivity contribution in [1.82, 2.24) is 0 Å². The largest absolute Gasteiger partial charge is 0.396 e. The van der Waals surface area contributed by atoms with Crippen molar-refractivity contribution in [2.75, 3.05) is 19.8 Å². The van der Waals surface area contributed by atoms with E-state index in [1.54, 1.807) is 0 Å². The summed E-state index contributed by atoms with van der Waals surface area (Å²) in [6.45, 7) is 3.29. The van der Waals surface area contributed by atoms with E-state index in [1.165, 1.54) is 12.8 Å². The van der Waals surface area contributed by atoms with Gasteiger partial charge in [0.2, 0.25) is 0 Å². The fraction of sp³-hybridized carbons (Fsp3) is 1.00. The third kappa shape index (κ3) is 19.4. The van der Waals surface area contributed by atoms with Crippen molar-refractivity contribution < 1.29 is 10.2 Å². The molecule has 4 heteroatoms. The van der Waals surface area contributed by atoms with Gasteiger partial charge in [-0.15, -0.1) is 0 Å². The highest BCUT2D eigenvalue weighted by molar-refractivity contribution is 4.60. The van der Waals surface area contributed by atoms with Gasteiger partial charge in [0, 0.05) is 19.3 Å². The molecular weight excluding hydrogens is 204 g/mol. The molecule has 0 bridgehead atoms. The van der Waals surface area contributed by atoms with Gasteiger partial charge < -0.3 is 21.7 Å². The van der Waals surface area contributed by atoms with Crippen LogP contribution in [-0.2, 0) is 0 Å². The molecule has 16 heavy (non-hydrogen) atoms. The fourth-order valence-corrected chi connectivity index (χ4v) is 1.23. The van der Waals surface area contributed by atoms with Gasteiger partial charge in [-0.3, -0.25) is 0 Å². The van der Waals surface area contributed by atoms with Crippen molar-refractivity contribution in [3.8, 4) is 0 Å². The Kier molecular flexibility index (Phi) is 19.6. The molecule has 0 aromatic carbocycles. The summed E-state index contributed by atoms with van der Waals surface area (Å²) in [5.74, 6) is 0. The van der Waals surface area contributed by atoms with Gasteiger partial charge in [-0.25, -0.2) is 0 Å². The summed E-state index contributed by atoms with van der Waals surface area (Å²) < 4.78 is 0. The Balaban J connectivity index is 0. The van der Waals surface area contributed by atoms with E-state index in [9.17, 15) is 0 Å². The lowest BCUT2D eigenvalue weighted by Crippen LogP contribution is -2.20. The Bertz CT molecular complexity index is 111. The number of rotatable bonds is 9. The third-order valence-corrected chi connectivity index (χ3v) is 2.24. The van der Waals surface area contributed by atoms with Crippen molar-refractivity contribution in [3.05, 3.63) is 0 Å². The van der Waals surface area contributed by atoms with Crippen LogP contribution in [0.2, 0.25) is 0 Å². The van der Waals surface area contributed by atoms with Crippen LogP contribution in [0.25, 0.3) is 0 Å². The number of hydrogen-bond acceptors (Lipinski definition) is 4. The van der Waals surface area contributed by atoms with E-state index in [2.05, 4.69) is 0 Å². The summed E-state index contributed by atoms with van der Waals surface area (Å²) in [5, 5.41) is 16.4. The topological polar surface area (TPSA) is 92.5 Å². The molecule has 6 N–H and O–H groups in total. The number of aliphatic hydroxyl groups excluding tert-OH is 2. The van der Waals surface area contributed by atoms with Crippen LogP contribution in [0.1, 0.15) is 51.9 Å². The molecule has 0 aliphatic heterocycles. The molecule has 0 saturated carbocycles. The smallest absolute Gasteiger partial charge is 0.0431 e. The van der Waals surface area contributed by atoms with Crippen molar-refractivity contribution in [2.45, 2.75) is 57.9 Å². The van der Waals surface area contributed by atoms with Crippen molar-refractivity contribution in [2.24, 2.45) is 11.5 Å². The van der Waals surface area contributed by atoms with Gasteiger partial charge in [0.1, 0.15) is 0 Å². The van der Waals surface area contributed by atoms with Gasteiger partial charge in [0.05, 0.1) is 0 Å². The second-order valence-corrected chi connectivity index (χ2v) is 3.99. The first kappa shape index (κ1) is 18.2. The van der Waals surface area contributed by atoms with E-state index in [0.717, 1.165) is 38.6 Å². The summed E-state index contributed by atoms with van der Waals surface area (Å²) in [6, 6.07) is 0.273. The molecule has 0 radical (unpaired) electrons. The Morgan fingerprint density at radius 3 is 1.94 bits per heavy atom. The van der Waals surface area contributed by atoms with Crippen LogP contribution < -0.4 is 11.5 Å². The first-order valence-corrected chi connectivity index (χ1v) is 6.40. The Labute approximate surface area is 100 Å². The SMILES string of the molecule is CCCO.NCCCCCC(N)CCCO. The van der Waals surface area contributed by atoms with E-state index >= 15 is 0 Å². The molecule has 0 aromatic rings. The molecule has 0 aromatic heterocycles. The van der Waals surface area contributed by atoms with E-state index in [0.29, 0.717) is 6.61 Å². The standard InChI is InChI=1S/C9H22N2O.C3H8O/c10-7-3-1-2-5-9(11)6-4-8-12;1-2-3-4/h9,12H,1-8,10-11H2;4H,2-3H2,1H3. The van der Waals surface area contributed by atoms with Crippen LogP contribution in [0.5, 0.6) is 0 Å². The zero-order chi connectivity index (χ0) is 12.6. The maximum absolute atomic E-state index is 8.55. The molecule has 0 spiro atoms. The predicted molar refractivity (Wildman–Crippen MR) is 69.2 cm³/mol. The minimum Gasteiger partial charge on any atom is -0.396 e. The van der Waals surface area contributed by atoms with Crippen molar-refractivity contribution in [3.63, 3.8) is 0 Å². The molecule has 0 rings (SSSR count). The van der Waals surface area contributed by atoms with Crippen LogP contribution in [0.15, 0.2) is 0 Å². The molecule has 0 fully saturated rings. The number of unbranched alkanes of at least 4 members (excludes halogenated alkanes) is 2. The van der Waals surface area contributed by atoms with Crippen LogP contribution >= 0.6 is 0 Å². The highest BCUT2D eigenvalue weighted by Crippen LogP contribution is 2.05. The van der Waals surface area contributed by atoms with Gasteiger partial charge in [-0.05, 0) is 38.6 Å². The van der Waals surface area contributed by atoms with Crippen LogP contribution in [0.4, 0.5) is 0 Å². The van der Waals surface area contributed by atoms with Gasteiger partial charge >= 0.3 is 0 Å². The normalized spacial score (nSPS) is 11.8. The second kappa shape index (κ2) is 17.2. The van der Waals surface area contributed by atoms with Crippen molar-refractivity contribution >= 4 is 0 Å². The zero-order valence-corrected chi connectivity index (χ0v) is 10.7. The first-order chi connectivity index (χ1) is 7.72. The van der Waals surface area contributed by atoms with Gasteiger partial charge in [-0.2, -0.15) is 0 Å². The van der Waals surface area contributed by atoms with Crippen LogP contribution in [-0.4, -0.2) is 36.0 Å². The maximum atomic E-state index is 8.55. The average Bonchev–Trinajstić information content (AvgIpc) is 2.32. The Morgan fingerprint density at radius 2 is 1.50 bits per heavy atom. The third-order valence-electron chi connectivity index (χ3n) is 2.24. The highest BCUT2D eigenvalue weighted by Gasteiger charge is 2.00.